The van der Waals surface area contributed by atoms with Crippen LogP contribution in [0.3, 0.4) is 0 Å². The number of aromatic nitrogens is 4. The highest BCUT2D eigenvalue weighted by Gasteiger charge is 2.33. The average Bonchev–Trinajstić information content (AvgIpc) is 3.53. The first kappa shape index (κ1) is 26.8. The first-order chi connectivity index (χ1) is 19.1. The van der Waals surface area contributed by atoms with Crippen LogP contribution in [0.4, 0.5) is 10.2 Å². The second-order valence-electron chi connectivity index (χ2n) is 10.9. The molecular formula is C30H30FN7O2. The average molecular weight is 540 g/mol. The fourth-order valence-corrected chi connectivity index (χ4v) is 4.94. The van der Waals surface area contributed by atoms with Gasteiger partial charge in [0.2, 0.25) is 0 Å². The van der Waals surface area contributed by atoms with Crippen molar-refractivity contribution in [2.24, 2.45) is 5.41 Å². The molecule has 1 atom stereocenters. The van der Waals surface area contributed by atoms with Crippen molar-refractivity contribution in [3.05, 3.63) is 72.3 Å². The molecule has 40 heavy (non-hydrogen) atoms. The lowest BCUT2D eigenvalue weighted by Crippen LogP contribution is -2.39. The summed E-state index contributed by atoms with van der Waals surface area (Å²) in [5.41, 5.74) is 7.01. The van der Waals surface area contributed by atoms with Gasteiger partial charge in [0.25, 0.3) is 5.91 Å². The Kier molecular flexibility index (Phi) is 7.22. The van der Waals surface area contributed by atoms with Crippen LogP contribution in [0.2, 0.25) is 0 Å². The first-order valence-corrected chi connectivity index (χ1v) is 13.1. The molecule has 10 heteroatoms. The second kappa shape index (κ2) is 10.8. The molecule has 5 rings (SSSR count). The van der Waals surface area contributed by atoms with E-state index in [2.05, 4.69) is 16.0 Å². The number of likely N-dealkylation sites (tertiary alicyclic amines) is 1. The molecular weight excluding hydrogens is 509 g/mol. The van der Waals surface area contributed by atoms with Crippen LogP contribution in [0.25, 0.3) is 22.3 Å². The number of amides is 1. The summed E-state index contributed by atoms with van der Waals surface area (Å²) in [6.07, 6.45) is 4.57. The third-order valence-corrected chi connectivity index (χ3v) is 6.68. The molecule has 0 unspecified atom stereocenters. The van der Waals surface area contributed by atoms with E-state index in [0.717, 1.165) is 12.8 Å². The molecule has 0 aliphatic carbocycles. The van der Waals surface area contributed by atoms with Gasteiger partial charge < -0.3 is 15.4 Å². The number of ether oxygens (including phenoxy) is 1. The number of hydrogen-bond acceptors (Lipinski definition) is 7. The van der Waals surface area contributed by atoms with Crippen molar-refractivity contribution in [1.82, 2.24) is 24.6 Å². The van der Waals surface area contributed by atoms with Gasteiger partial charge in [-0.1, -0.05) is 45.0 Å². The number of carbonyl (C=O) groups excluding carboxylic acids is 1. The molecule has 0 bridgehead atoms. The van der Waals surface area contributed by atoms with Gasteiger partial charge >= 0.3 is 0 Å². The van der Waals surface area contributed by atoms with Crippen molar-refractivity contribution < 1.29 is 13.9 Å². The van der Waals surface area contributed by atoms with Gasteiger partial charge in [-0.15, -0.1) is 0 Å². The summed E-state index contributed by atoms with van der Waals surface area (Å²) in [4.78, 5) is 23.5. The van der Waals surface area contributed by atoms with E-state index in [-0.39, 0.29) is 34.3 Å². The maximum absolute atomic E-state index is 15.4. The number of rotatable bonds is 6. The van der Waals surface area contributed by atoms with Crippen molar-refractivity contribution in [2.75, 3.05) is 12.3 Å². The van der Waals surface area contributed by atoms with Crippen molar-refractivity contribution in [3.8, 4) is 28.8 Å². The maximum Gasteiger partial charge on any atom is 0.264 e. The molecule has 3 heterocycles. The topological polar surface area (TPSA) is 123 Å². The normalized spacial score (nSPS) is 15.8. The summed E-state index contributed by atoms with van der Waals surface area (Å²) in [6, 6.07) is 15.5. The number of hydrogen-bond donors (Lipinski definition) is 1. The van der Waals surface area contributed by atoms with Crippen LogP contribution in [-0.2, 0) is 11.3 Å². The molecule has 1 saturated heterocycles. The summed E-state index contributed by atoms with van der Waals surface area (Å²) < 4.78 is 22.9. The zero-order chi connectivity index (χ0) is 28.4. The third-order valence-electron chi connectivity index (χ3n) is 6.68. The van der Waals surface area contributed by atoms with Crippen LogP contribution >= 0.6 is 0 Å². The number of carbonyl (C=O) groups is 1. The lowest BCUT2D eigenvalue weighted by Gasteiger charge is -2.25. The van der Waals surface area contributed by atoms with Gasteiger partial charge in [0.1, 0.15) is 46.8 Å². The minimum absolute atomic E-state index is 0.122. The number of fused-ring (bicyclic) bond motifs is 1. The van der Waals surface area contributed by atoms with Gasteiger partial charge in [-0.05, 0) is 42.5 Å². The number of nitrogens with two attached hydrogens (primary N) is 1. The number of benzene rings is 2. The Morgan fingerprint density at radius 2 is 1.98 bits per heavy atom. The minimum atomic E-state index is -0.535. The van der Waals surface area contributed by atoms with E-state index < -0.39 is 5.82 Å². The highest BCUT2D eigenvalue weighted by molar-refractivity contribution is 5.99. The Labute approximate surface area is 231 Å². The van der Waals surface area contributed by atoms with Gasteiger partial charge in [0.15, 0.2) is 5.65 Å². The Morgan fingerprint density at radius 1 is 1.20 bits per heavy atom. The van der Waals surface area contributed by atoms with Gasteiger partial charge in [-0.2, -0.15) is 10.4 Å². The fourth-order valence-electron chi connectivity index (χ4n) is 4.94. The second-order valence-corrected chi connectivity index (χ2v) is 10.9. The largest absolute Gasteiger partial charge is 0.457 e. The summed E-state index contributed by atoms with van der Waals surface area (Å²) >= 11 is 0. The summed E-state index contributed by atoms with van der Waals surface area (Å²) in [5, 5.41) is 14.8. The molecule has 9 nitrogen and oxygen atoms in total. The molecule has 0 saturated carbocycles. The van der Waals surface area contributed by atoms with Crippen LogP contribution in [-0.4, -0.2) is 43.1 Å². The highest BCUT2D eigenvalue weighted by atomic mass is 19.1. The standard InChI is InChI=1S/C30H30FN7O2/c1-30(2,3)15-19(16-32)29(39)37-13-7-8-20(37)17-38-28-25(27(33)34-18-35-28)26(36-38)23-12-11-22(14-24(23)31)40-21-9-5-4-6-10-21/h4-6,9-12,14-15,18,20H,7-8,13,17H2,1-3H3,(H2,33,34,35)/t20-/m1/s1. The molecule has 1 aliphatic rings. The molecule has 1 fully saturated rings. The molecule has 1 aliphatic heterocycles. The van der Waals surface area contributed by atoms with Gasteiger partial charge in [0.05, 0.1) is 18.0 Å². The van der Waals surface area contributed by atoms with Crippen molar-refractivity contribution in [3.63, 3.8) is 0 Å². The van der Waals surface area contributed by atoms with Gasteiger partial charge in [0, 0.05) is 18.2 Å². The number of nitrogens with zero attached hydrogens (tertiary/aromatic N) is 6. The quantitative estimate of drug-likeness (QED) is 0.254. The lowest BCUT2D eigenvalue weighted by molar-refractivity contribution is -0.127. The van der Waals surface area contributed by atoms with Gasteiger partial charge in [-0.25, -0.2) is 19.0 Å². The minimum Gasteiger partial charge on any atom is -0.457 e. The number of para-hydroxylation sites is 1. The van der Waals surface area contributed by atoms with Crippen molar-refractivity contribution >= 4 is 22.8 Å². The molecule has 204 valence electrons. The molecule has 2 aromatic carbocycles. The molecule has 2 N–H and O–H groups in total. The SMILES string of the molecule is CC(C)(C)C=C(C#N)C(=O)N1CCC[C@@H]1Cn1nc(-c2ccc(Oc3ccccc3)cc2F)c2c(N)ncnc21. The Bertz CT molecular complexity index is 1630. The van der Waals surface area contributed by atoms with Crippen LogP contribution in [0.5, 0.6) is 11.5 Å². The number of halogens is 1. The summed E-state index contributed by atoms with van der Waals surface area (Å²) in [7, 11) is 0. The Balaban J connectivity index is 1.48. The van der Waals surface area contributed by atoms with Crippen LogP contribution in [0.1, 0.15) is 33.6 Å². The van der Waals surface area contributed by atoms with Crippen LogP contribution in [0, 0.1) is 22.6 Å². The lowest BCUT2D eigenvalue weighted by atomic mass is 9.93. The number of anilines is 1. The maximum atomic E-state index is 15.4. The predicted molar refractivity (Wildman–Crippen MR) is 150 cm³/mol. The van der Waals surface area contributed by atoms with Crippen molar-refractivity contribution in [1.29, 1.82) is 5.26 Å². The molecule has 0 spiro atoms. The number of nitriles is 1. The van der Waals surface area contributed by atoms with E-state index in [1.807, 2.05) is 39.0 Å². The van der Waals surface area contributed by atoms with E-state index >= 15 is 4.39 Å². The summed E-state index contributed by atoms with van der Waals surface area (Å²) in [6.45, 7) is 6.68. The predicted octanol–water partition coefficient (Wildman–Crippen LogP) is 5.49. The van der Waals surface area contributed by atoms with E-state index in [0.29, 0.717) is 41.3 Å². The van der Waals surface area contributed by atoms with E-state index in [9.17, 15) is 10.1 Å². The number of nitrogen functional groups attached to an aromatic ring is 1. The Morgan fingerprint density at radius 3 is 2.67 bits per heavy atom. The monoisotopic (exact) mass is 539 g/mol. The zero-order valence-electron chi connectivity index (χ0n) is 22.6. The highest BCUT2D eigenvalue weighted by Crippen LogP contribution is 2.35. The Hall–Kier alpha value is -4.78. The first-order valence-electron chi connectivity index (χ1n) is 13.1. The molecule has 1 amide bonds. The van der Waals surface area contributed by atoms with Gasteiger partial charge in [-0.3, -0.25) is 4.79 Å². The summed E-state index contributed by atoms with van der Waals surface area (Å²) in [5.74, 6) is 0.277. The smallest absolute Gasteiger partial charge is 0.264 e. The van der Waals surface area contributed by atoms with Crippen LogP contribution in [0.15, 0.2) is 66.5 Å². The molecule has 4 aromatic rings. The van der Waals surface area contributed by atoms with E-state index in [1.165, 1.54) is 12.4 Å². The van der Waals surface area contributed by atoms with E-state index in [4.69, 9.17) is 15.6 Å². The number of allylic oxidation sites excluding steroid dienone is 1. The fraction of sp³-hybridized carbons (Fsp3) is 0.300. The van der Waals surface area contributed by atoms with E-state index in [1.54, 1.807) is 39.9 Å². The molecule has 0 radical (unpaired) electrons. The van der Waals surface area contributed by atoms with Crippen LogP contribution < -0.4 is 10.5 Å². The van der Waals surface area contributed by atoms with Crippen molar-refractivity contribution in [2.45, 2.75) is 46.2 Å². The third kappa shape index (κ3) is 5.50. The zero-order valence-corrected chi connectivity index (χ0v) is 22.6. The molecule has 2 aromatic heterocycles.